The van der Waals surface area contributed by atoms with Crippen molar-refractivity contribution in [2.75, 3.05) is 6.61 Å². The van der Waals surface area contributed by atoms with Crippen LogP contribution in [0.15, 0.2) is 67.1 Å². The van der Waals surface area contributed by atoms with Crippen LogP contribution in [-0.2, 0) is 5.54 Å². The number of hydrogen-bond acceptors (Lipinski definition) is 5. The molecule has 3 aromatic rings. The second-order valence-corrected chi connectivity index (χ2v) is 7.28. The van der Waals surface area contributed by atoms with Crippen molar-refractivity contribution in [1.29, 1.82) is 0 Å². The van der Waals surface area contributed by atoms with Gasteiger partial charge in [0.05, 0.1) is 17.8 Å². The van der Waals surface area contributed by atoms with Crippen molar-refractivity contribution in [1.82, 2.24) is 15.3 Å². The highest BCUT2D eigenvalue weighted by molar-refractivity contribution is 5.55. The smallest absolute Gasteiger partial charge is 0.119 e. The third kappa shape index (κ3) is 3.09. The van der Waals surface area contributed by atoms with E-state index in [0.29, 0.717) is 12.5 Å². The first-order valence-electron chi connectivity index (χ1n) is 9.24. The summed E-state index contributed by atoms with van der Waals surface area (Å²) in [6, 6.07) is 16.3. The van der Waals surface area contributed by atoms with Gasteiger partial charge in [-0.2, -0.15) is 0 Å². The Kier molecular flexibility index (Phi) is 4.64. The molecule has 0 spiro atoms. The lowest BCUT2D eigenvalue weighted by molar-refractivity contribution is 0.270. The number of hydrogen-bond donors (Lipinski definition) is 2. The van der Waals surface area contributed by atoms with Crippen molar-refractivity contribution in [3.05, 3.63) is 89.5 Å². The summed E-state index contributed by atoms with van der Waals surface area (Å²) in [6.07, 6.45) is 5.04. The Morgan fingerprint density at radius 2 is 1.89 bits per heavy atom. The predicted octanol–water partition coefficient (Wildman–Crippen LogP) is 3.36. The number of aromatic nitrogens is 2. The molecule has 1 aliphatic heterocycles. The number of nitrogens with one attached hydrogen (secondary N) is 1. The number of ether oxygens (including phenoxy) is 1. The van der Waals surface area contributed by atoms with Crippen LogP contribution in [0.25, 0.3) is 0 Å². The zero-order valence-electron chi connectivity index (χ0n) is 15.6. The third-order valence-corrected chi connectivity index (χ3v) is 4.87. The summed E-state index contributed by atoms with van der Waals surface area (Å²) in [6.45, 7) is 4.96. The van der Waals surface area contributed by atoms with E-state index < -0.39 is 5.54 Å². The fourth-order valence-corrected chi connectivity index (χ4v) is 3.69. The summed E-state index contributed by atoms with van der Waals surface area (Å²) in [5, 5.41) is 3.59. The Labute approximate surface area is 159 Å². The molecule has 138 valence electrons. The third-order valence-electron chi connectivity index (χ3n) is 4.87. The van der Waals surface area contributed by atoms with Gasteiger partial charge in [0.15, 0.2) is 0 Å². The van der Waals surface area contributed by atoms with Gasteiger partial charge in [-0.1, -0.05) is 32.0 Å². The summed E-state index contributed by atoms with van der Waals surface area (Å²) in [4.78, 5) is 8.72. The van der Waals surface area contributed by atoms with E-state index in [0.717, 1.165) is 28.1 Å². The zero-order chi connectivity index (χ0) is 18.9. The van der Waals surface area contributed by atoms with Crippen molar-refractivity contribution < 1.29 is 4.74 Å². The largest absolute Gasteiger partial charge is 0.493 e. The van der Waals surface area contributed by atoms with Gasteiger partial charge in [0.25, 0.3) is 0 Å². The maximum absolute atomic E-state index is 6.41. The highest BCUT2D eigenvalue weighted by Gasteiger charge is 2.45. The van der Waals surface area contributed by atoms with Gasteiger partial charge in [0.1, 0.15) is 11.9 Å². The van der Waals surface area contributed by atoms with Crippen LogP contribution in [0.4, 0.5) is 0 Å². The molecule has 0 saturated heterocycles. The molecule has 0 fully saturated rings. The molecule has 2 unspecified atom stereocenters. The summed E-state index contributed by atoms with van der Waals surface area (Å²) >= 11 is 0. The Balaban J connectivity index is 1.88. The molecule has 1 aromatic carbocycles. The van der Waals surface area contributed by atoms with E-state index in [1.54, 1.807) is 18.6 Å². The van der Waals surface area contributed by atoms with E-state index in [9.17, 15) is 0 Å². The van der Waals surface area contributed by atoms with Gasteiger partial charge in [-0.15, -0.1) is 0 Å². The first-order chi connectivity index (χ1) is 13.1. The second kappa shape index (κ2) is 7.10. The van der Waals surface area contributed by atoms with Gasteiger partial charge in [0.2, 0.25) is 0 Å². The molecule has 27 heavy (non-hydrogen) atoms. The van der Waals surface area contributed by atoms with Crippen LogP contribution in [0.1, 0.15) is 42.4 Å². The lowest BCUT2D eigenvalue weighted by Crippen LogP contribution is -2.42. The van der Waals surface area contributed by atoms with Crippen LogP contribution in [0, 0.1) is 5.92 Å². The minimum atomic E-state index is -0.594. The normalized spacial score (nSPS) is 21.3. The maximum Gasteiger partial charge on any atom is 0.119 e. The molecule has 0 radical (unpaired) electrons. The van der Waals surface area contributed by atoms with Crippen LogP contribution in [0.3, 0.4) is 0 Å². The van der Waals surface area contributed by atoms with Crippen LogP contribution >= 0.6 is 0 Å². The Morgan fingerprint density at radius 1 is 1.07 bits per heavy atom. The van der Waals surface area contributed by atoms with Gasteiger partial charge in [0, 0.05) is 24.2 Å². The maximum atomic E-state index is 6.41. The summed E-state index contributed by atoms with van der Waals surface area (Å²) < 4.78 is 5.98. The van der Waals surface area contributed by atoms with Crippen molar-refractivity contribution in [2.24, 2.45) is 11.7 Å². The van der Waals surface area contributed by atoms with Crippen LogP contribution < -0.4 is 15.8 Å². The molecule has 2 atom stereocenters. The number of pyridine rings is 2. The van der Waals surface area contributed by atoms with E-state index in [1.807, 2.05) is 30.3 Å². The van der Waals surface area contributed by atoms with Crippen LogP contribution in [0.5, 0.6) is 5.75 Å². The molecule has 0 saturated carbocycles. The van der Waals surface area contributed by atoms with Crippen molar-refractivity contribution in [3.8, 4) is 5.75 Å². The fourth-order valence-electron chi connectivity index (χ4n) is 3.69. The number of rotatable bonds is 5. The fraction of sp³-hybridized carbons (Fsp3) is 0.273. The molecular formula is C22H24N4O. The Bertz CT molecular complexity index is 928. The van der Waals surface area contributed by atoms with Gasteiger partial charge >= 0.3 is 0 Å². The second-order valence-electron chi connectivity index (χ2n) is 7.28. The minimum Gasteiger partial charge on any atom is -0.493 e. The highest BCUT2D eigenvalue weighted by Crippen LogP contribution is 2.44. The summed E-state index contributed by atoms with van der Waals surface area (Å²) in [5.74, 6) is 1.31. The molecule has 3 N–H and O–H groups in total. The number of fused-ring (bicyclic) bond motifs is 1. The summed E-state index contributed by atoms with van der Waals surface area (Å²) in [5.41, 5.74) is 9.88. The van der Waals surface area contributed by atoms with Crippen LogP contribution in [-0.4, -0.2) is 16.6 Å². The average molecular weight is 360 g/mol. The van der Waals surface area contributed by atoms with Crippen molar-refractivity contribution in [3.63, 3.8) is 0 Å². The predicted molar refractivity (Wildman–Crippen MR) is 105 cm³/mol. The first kappa shape index (κ1) is 17.6. The molecular weight excluding hydrogens is 336 g/mol. The van der Waals surface area contributed by atoms with Crippen LogP contribution in [0.2, 0.25) is 0 Å². The van der Waals surface area contributed by atoms with Gasteiger partial charge < -0.3 is 10.5 Å². The zero-order valence-corrected chi connectivity index (χ0v) is 15.6. The topological polar surface area (TPSA) is 73.1 Å². The lowest BCUT2D eigenvalue weighted by Gasteiger charge is -2.33. The highest BCUT2D eigenvalue weighted by atomic mass is 16.5. The molecule has 3 heterocycles. The average Bonchev–Trinajstić information content (AvgIpc) is 3.01. The standard InChI is InChI=1S/C22H24N4O/c1-15(2)14-27-18-6-3-5-17(13-18)22(16-8-11-24-12-9-16)19-7-4-10-25-20(19)21(23)26-22/h3-13,15,21,26H,14,23H2,1-2H3. The lowest BCUT2D eigenvalue weighted by atomic mass is 9.79. The Morgan fingerprint density at radius 3 is 2.67 bits per heavy atom. The first-order valence-corrected chi connectivity index (χ1v) is 9.24. The van der Waals surface area contributed by atoms with Gasteiger partial charge in [-0.3, -0.25) is 15.3 Å². The summed E-state index contributed by atoms with van der Waals surface area (Å²) in [7, 11) is 0. The van der Waals surface area contributed by atoms with E-state index in [-0.39, 0.29) is 6.17 Å². The van der Waals surface area contributed by atoms with Gasteiger partial charge in [-0.05, 0) is 47.4 Å². The van der Waals surface area contributed by atoms with Crippen molar-refractivity contribution >= 4 is 0 Å². The molecule has 0 bridgehead atoms. The number of nitrogens with two attached hydrogens (primary N) is 1. The minimum absolute atomic E-state index is 0.352. The molecule has 0 aliphatic carbocycles. The molecule has 5 nitrogen and oxygen atoms in total. The quantitative estimate of drug-likeness (QED) is 0.730. The molecule has 4 rings (SSSR count). The molecule has 0 amide bonds. The van der Waals surface area contributed by atoms with E-state index in [2.05, 4.69) is 47.3 Å². The monoisotopic (exact) mass is 360 g/mol. The molecule has 5 heteroatoms. The Hall–Kier alpha value is -2.76. The number of benzene rings is 1. The van der Waals surface area contributed by atoms with E-state index in [1.165, 1.54) is 0 Å². The molecule has 1 aliphatic rings. The molecule has 2 aromatic heterocycles. The van der Waals surface area contributed by atoms with E-state index >= 15 is 0 Å². The SMILES string of the molecule is CC(C)COc1cccc(C2(c3ccncc3)NC(N)c3ncccc32)c1. The van der Waals surface area contributed by atoms with E-state index in [4.69, 9.17) is 10.5 Å². The number of nitrogens with zero attached hydrogens (tertiary/aromatic N) is 2. The van der Waals surface area contributed by atoms with Gasteiger partial charge in [-0.25, -0.2) is 0 Å². The van der Waals surface area contributed by atoms with Crippen molar-refractivity contribution in [2.45, 2.75) is 25.6 Å².